The first-order valence-corrected chi connectivity index (χ1v) is 6.06. The molecular weight excluding hydrogens is 257 g/mol. The van der Waals surface area contributed by atoms with E-state index in [1.165, 1.54) is 29.0 Å². The van der Waals surface area contributed by atoms with Gasteiger partial charge in [0.1, 0.15) is 5.82 Å². The summed E-state index contributed by atoms with van der Waals surface area (Å²) >= 11 is 0. The average Bonchev–Trinajstić information content (AvgIpc) is 2.85. The molecule has 0 saturated heterocycles. The molecule has 98 valence electrons. The molecule has 0 unspecified atom stereocenters. The smallest absolute Gasteiger partial charge is 0.262 e. The zero-order valence-corrected chi connectivity index (χ0v) is 10.4. The fourth-order valence-electron chi connectivity index (χ4n) is 2.21. The molecule has 2 aromatic carbocycles. The van der Waals surface area contributed by atoms with E-state index in [1.807, 2.05) is 0 Å². The van der Waals surface area contributed by atoms with Crippen LogP contribution >= 0.6 is 0 Å². The van der Waals surface area contributed by atoms with Gasteiger partial charge < -0.3 is 0 Å². The number of hydrogen-bond acceptors (Lipinski definition) is 2. The number of benzene rings is 2. The topological polar surface area (TPSA) is 39.1 Å². The monoisotopic (exact) mass is 267 g/mol. The number of fused-ring (bicyclic) bond motifs is 1. The highest BCUT2D eigenvalue weighted by molar-refractivity contribution is 6.06. The number of rotatable bonds is 2. The van der Waals surface area contributed by atoms with E-state index in [0.717, 1.165) is 0 Å². The van der Waals surface area contributed by atoms with Gasteiger partial charge in [-0.3, -0.25) is 14.2 Å². The zero-order valence-electron chi connectivity index (χ0n) is 10.4. The summed E-state index contributed by atoms with van der Waals surface area (Å²) in [6.07, 6.45) is 2.10. The molecule has 0 aliphatic heterocycles. The SMILES string of the molecule is O=Cc1cn(C(=O)c2ccccc2)c2cc(F)ccc12. The van der Waals surface area contributed by atoms with Crippen molar-refractivity contribution in [3.63, 3.8) is 0 Å². The predicted octanol–water partition coefficient (Wildman–Crippen LogP) is 3.28. The second-order valence-corrected chi connectivity index (χ2v) is 4.40. The Labute approximate surface area is 114 Å². The Hall–Kier alpha value is -2.75. The molecule has 0 radical (unpaired) electrons. The molecule has 4 heteroatoms. The average molecular weight is 267 g/mol. The Kier molecular flexibility index (Phi) is 2.91. The van der Waals surface area contributed by atoms with Crippen LogP contribution < -0.4 is 0 Å². The van der Waals surface area contributed by atoms with Gasteiger partial charge in [0.15, 0.2) is 6.29 Å². The van der Waals surface area contributed by atoms with E-state index >= 15 is 0 Å². The molecule has 0 fully saturated rings. The molecule has 1 aromatic heterocycles. The fraction of sp³-hybridized carbons (Fsp3) is 0. The lowest BCUT2D eigenvalue weighted by Crippen LogP contribution is -2.10. The van der Waals surface area contributed by atoms with Gasteiger partial charge in [0, 0.05) is 22.7 Å². The molecule has 20 heavy (non-hydrogen) atoms. The number of aldehydes is 1. The molecule has 1 heterocycles. The number of hydrogen-bond donors (Lipinski definition) is 0. The largest absolute Gasteiger partial charge is 0.298 e. The summed E-state index contributed by atoms with van der Waals surface area (Å²) in [4.78, 5) is 23.5. The summed E-state index contributed by atoms with van der Waals surface area (Å²) in [5.74, 6) is -0.746. The Bertz CT molecular complexity index is 806. The number of carbonyl (C=O) groups is 2. The predicted molar refractivity (Wildman–Crippen MR) is 73.5 cm³/mol. The molecular formula is C16H10FNO2. The quantitative estimate of drug-likeness (QED) is 0.668. The van der Waals surface area contributed by atoms with E-state index in [1.54, 1.807) is 30.3 Å². The maximum Gasteiger partial charge on any atom is 0.262 e. The minimum Gasteiger partial charge on any atom is -0.298 e. The van der Waals surface area contributed by atoms with Gasteiger partial charge in [-0.15, -0.1) is 0 Å². The molecule has 3 rings (SSSR count). The van der Waals surface area contributed by atoms with Gasteiger partial charge in [-0.1, -0.05) is 18.2 Å². The molecule has 0 aliphatic carbocycles. The van der Waals surface area contributed by atoms with Gasteiger partial charge in [-0.2, -0.15) is 0 Å². The van der Waals surface area contributed by atoms with Crippen molar-refractivity contribution in [2.45, 2.75) is 0 Å². The first-order chi connectivity index (χ1) is 9.70. The highest BCUT2D eigenvalue weighted by atomic mass is 19.1. The van der Waals surface area contributed by atoms with Crippen molar-refractivity contribution in [2.75, 3.05) is 0 Å². The van der Waals surface area contributed by atoms with Gasteiger partial charge in [0.2, 0.25) is 0 Å². The van der Waals surface area contributed by atoms with Crippen LogP contribution in [-0.2, 0) is 0 Å². The van der Waals surface area contributed by atoms with Crippen molar-refractivity contribution < 1.29 is 14.0 Å². The fourth-order valence-corrected chi connectivity index (χ4v) is 2.21. The summed E-state index contributed by atoms with van der Waals surface area (Å²) in [5.41, 5.74) is 1.23. The standard InChI is InChI=1S/C16H10FNO2/c17-13-6-7-14-12(10-19)9-18(15(14)8-13)16(20)11-4-2-1-3-5-11/h1-10H. The Morgan fingerprint density at radius 1 is 1.10 bits per heavy atom. The van der Waals surface area contributed by atoms with Crippen LogP contribution in [0, 0.1) is 5.82 Å². The zero-order chi connectivity index (χ0) is 14.1. The van der Waals surface area contributed by atoms with Crippen LogP contribution in [0.3, 0.4) is 0 Å². The number of nitrogens with zero attached hydrogens (tertiary/aromatic N) is 1. The molecule has 3 aromatic rings. The first-order valence-electron chi connectivity index (χ1n) is 6.06. The molecule has 0 atom stereocenters. The third-order valence-electron chi connectivity index (χ3n) is 3.17. The molecule has 0 spiro atoms. The number of carbonyl (C=O) groups excluding carboxylic acids is 2. The van der Waals surface area contributed by atoms with Crippen molar-refractivity contribution in [2.24, 2.45) is 0 Å². The molecule has 0 aliphatic rings. The van der Waals surface area contributed by atoms with E-state index in [2.05, 4.69) is 0 Å². The highest BCUT2D eigenvalue weighted by Crippen LogP contribution is 2.22. The van der Waals surface area contributed by atoms with Crippen molar-refractivity contribution in [1.82, 2.24) is 4.57 Å². The highest BCUT2D eigenvalue weighted by Gasteiger charge is 2.15. The van der Waals surface area contributed by atoms with E-state index in [-0.39, 0.29) is 5.91 Å². The summed E-state index contributed by atoms with van der Waals surface area (Å²) in [7, 11) is 0. The number of halogens is 1. The Morgan fingerprint density at radius 3 is 2.55 bits per heavy atom. The van der Waals surface area contributed by atoms with Crippen molar-refractivity contribution in [1.29, 1.82) is 0 Å². The van der Waals surface area contributed by atoms with Gasteiger partial charge in [0.05, 0.1) is 5.52 Å². The van der Waals surface area contributed by atoms with Crippen LogP contribution in [0.15, 0.2) is 54.7 Å². The van der Waals surface area contributed by atoms with Gasteiger partial charge >= 0.3 is 0 Å². The third-order valence-corrected chi connectivity index (χ3v) is 3.17. The van der Waals surface area contributed by atoms with Crippen LogP contribution in [0.1, 0.15) is 20.7 Å². The van der Waals surface area contributed by atoms with Crippen LogP contribution in [0.25, 0.3) is 10.9 Å². The summed E-state index contributed by atoms with van der Waals surface area (Å²) in [5, 5.41) is 0.561. The van der Waals surface area contributed by atoms with Gasteiger partial charge in [0.25, 0.3) is 5.91 Å². The van der Waals surface area contributed by atoms with E-state index < -0.39 is 5.82 Å². The normalized spacial score (nSPS) is 10.7. The van der Waals surface area contributed by atoms with E-state index in [4.69, 9.17) is 0 Å². The van der Waals surface area contributed by atoms with Crippen molar-refractivity contribution in [3.8, 4) is 0 Å². The number of aromatic nitrogens is 1. The third kappa shape index (κ3) is 1.91. The minimum atomic E-state index is -0.449. The van der Waals surface area contributed by atoms with Crippen LogP contribution in [0.5, 0.6) is 0 Å². The van der Waals surface area contributed by atoms with E-state index in [0.29, 0.717) is 28.3 Å². The Morgan fingerprint density at radius 2 is 1.85 bits per heavy atom. The minimum absolute atomic E-state index is 0.297. The first kappa shape index (κ1) is 12.3. The summed E-state index contributed by atoms with van der Waals surface area (Å²) < 4.78 is 14.7. The molecule has 0 amide bonds. The lowest BCUT2D eigenvalue weighted by Gasteiger charge is -2.03. The maximum atomic E-state index is 13.4. The molecule has 3 nitrogen and oxygen atoms in total. The maximum absolute atomic E-state index is 13.4. The van der Waals surface area contributed by atoms with Gasteiger partial charge in [-0.05, 0) is 30.3 Å². The lowest BCUT2D eigenvalue weighted by atomic mass is 10.2. The van der Waals surface area contributed by atoms with Crippen LogP contribution in [-0.4, -0.2) is 16.8 Å². The molecule has 0 bridgehead atoms. The second-order valence-electron chi connectivity index (χ2n) is 4.40. The van der Waals surface area contributed by atoms with Crippen LogP contribution in [0.4, 0.5) is 4.39 Å². The lowest BCUT2D eigenvalue weighted by molar-refractivity contribution is 0.0965. The van der Waals surface area contributed by atoms with Crippen LogP contribution in [0.2, 0.25) is 0 Å². The van der Waals surface area contributed by atoms with Gasteiger partial charge in [-0.25, -0.2) is 4.39 Å². The van der Waals surface area contributed by atoms with E-state index in [9.17, 15) is 14.0 Å². The molecule has 0 N–H and O–H groups in total. The summed E-state index contributed by atoms with van der Waals surface area (Å²) in [6.45, 7) is 0. The molecule has 0 saturated carbocycles. The van der Waals surface area contributed by atoms with Crippen molar-refractivity contribution >= 4 is 23.1 Å². The summed E-state index contributed by atoms with van der Waals surface area (Å²) in [6, 6.07) is 12.7. The Balaban J connectivity index is 2.23. The second kappa shape index (κ2) is 4.74. The van der Waals surface area contributed by atoms with Crippen molar-refractivity contribution in [3.05, 3.63) is 71.7 Å².